The lowest BCUT2D eigenvalue weighted by atomic mass is 10.1. The fraction of sp³-hybridized carbons (Fsp3) is 0.391. The Morgan fingerprint density at radius 1 is 1.07 bits per heavy atom. The van der Waals surface area contributed by atoms with Gasteiger partial charge < -0.3 is 10.2 Å². The predicted octanol–water partition coefficient (Wildman–Crippen LogP) is 5.04. The molecular formula is C23H28ClFN2O2S. The van der Waals surface area contributed by atoms with Gasteiger partial charge in [0, 0.05) is 23.4 Å². The molecule has 0 radical (unpaired) electrons. The third-order valence-electron chi connectivity index (χ3n) is 4.84. The molecule has 0 heterocycles. The molecular weight excluding hydrogens is 423 g/mol. The van der Waals surface area contributed by atoms with Gasteiger partial charge in [-0.25, -0.2) is 4.39 Å². The van der Waals surface area contributed by atoms with Crippen LogP contribution in [-0.4, -0.2) is 34.6 Å². The summed E-state index contributed by atoms with van der Waals surface area (Å²) < 4.78 is 13.0. The number of nitrogens with one attached hydrogen (secondary N) is 1. The number of benzene rings is 2. The van der Waals surface area contributed by atoms with Crippen molar-refractivity contribution in [3.05, 3.63) is 70.5 Å². The molecule has 2 aromatic rings. The average Bonchev–Trinajstić information content (AvgIpc) is 2.74. The monoisotopic (exact) mass is 450 g/mol. The Kier molecular flexibility index (Phi) is 9.66. The molecule has 0 aliphatic heterocycles. The number of thioether (sulfide) groups is 1. The Bertz CT molecular complexity index is 830. The number of carbonyl (C=O) groups is 2. The summed E-state index contributed by atoms with van der Waals surface area (Å²) in [5, 5.41) is 3.57. The highest BCUT2D eigenvalue weighted by atomic mass is 35.5. The van der Waals surface area contributed by atoms with Gasteiger partial charge >= 0.3 is 0 Å². The van der Waals surface area contributed by atoms with Crippen LogP contribution in [0.1, 0.15) is 38.3 Å². The molecule has 4 nitrogen and oxygen atoms in total. The maximum absolute atomic E-state index is 13.0. The predicted molar refractivity (Wildman–Crippen MR) is 122 cm³/mol. The lowest BCUT2D eigenvalue weighted by Gasteiger charge is -2.29. The number of nitrogens with zero attached hydrogens (tertiary/aromatic N) is 1. The number of rotatable bonds is 10. The van der Waals surface area contributed by atoms with E-state index in [1.54, 1.807) is 36.1 Å². The van der Waals surface area contributed by atoms with E-state index < -0.39 is 6.04 Å². The van der Waals surface area contributed by atoms with Crippen LogP contribution in [0.3, 0.4) is 0 Å². The highest BCUT2D eigenvalue weighted by Gasteiger charge is 2.26. The van der Waals surface area contributed by atoms with Crippen molar-refractivity contribution in [3.63, 3.8) is 0 Å². The summed E-state index contributed by atoms with van der Waals surface area (Å²) in [5.74, 6) is 0.245. The second-order valence-corrected chi connectivity index (χ2v) is 8.68. The molecule has 0 saturated carbocycles. The van der Waals surface area contributed by atoms with Crippen molar-refractivity contribution in [2.24, 2.45) is 0 Å². The zero-order valence-electron chi connectivity index (χ0n) is 17.5. The van der Waals surface area contributed by atoms with Crippen molar-refractivity contribution in [3.8, 4) is 0 Å². The first-order valence-corrected chi connectivity index (χ1v) is 11.5. The molecule has 0 fully saturated rings. The summed E-state index contributed by atoms with van der Waals surface area (Å²) in [4.78, 5) is 27.3. The van der Waals surface area contributed by atoms with Gasteiger partial charge in [-0.15, -0.1) is 11.8 Å². The van der Waals surface area contributed by atoms with Gasteiger partial charge in [-0.3, -0.25) is 9.59 Å². The van der Waals surface area contributed by atoms with E-state index in [2.05, 4.69) is 5.32 Å². The first-order valence-electron chi connectivity index (χ1n) is 9.96. The van der Waals surface area contributed by atoms with E-state index in [0.29, 0.717) is 17.3 Å². The topological polar surface area (TPSA) is 49.4 Å². The summed E-state index contributed by atoms with van der Waals surface area (Å²) in [6.45, 7) is 6.01. The maximum Gasteiger partial charge on any atom is 0.242 e. The van der Waals surface area contributed by atoms with Crippen LogP contribution in [0.15, 0.2) is 48.5 Å². The van der Waals surface area contributed by atoms with Gasteiger partial charge in [0.05, 0.1) is 5.75 Å². The van der Waals surface area contributed by atoms with Gasteiger partial charge in [0.1, 0.15) is 11.9 Å². The van der Waals surface area contributed by atoms with E-state index in [0.717, 1.165) is 17.5 Å². The Balaban J connectivity index is 2.06. The molecule has 162 valence electrons. The quantitative estimate of drug-likeness (QED) is 0.551. The van der Waals surface area contributed by atoms with Gasteiger partial charge in [0.2, 0.25) is 11.8 Å². The van der Waals surface area contributed by atoms with Crippen molar-refractivity contribution in [1.82, 2.24) is 10.2 Å². The minimum absolute atomic E-state index is 0.0419. The third kappa shape index (κ3) is 7.65. The second-order valence-electron chi connectivity index (χ2n) is 7.26. The minimum Gasteiger partial charge on any atom is -0.352 e. The second kappa shape index (κ2) is 12.0. The molecule has 0 bridgehead atoms. The molecule has 0 unspecified atom stereocenters. The SMILES string of the molecule is CC[C@H](C)NC(=O)[C@H](C)N(Cc1ccc(Cl)cc1)C(=O)CSCc1ccc(F)cc1. The fourth-order valence-electron chi connectivity index (χ4n) is 2.75. The van der Waals surface area contributed by atoms with E-state index in [4.69, 9.17) is 11.6 Å². The Hall–Kier alpha value is -2.05. The highest BCUT2D eigenvalue weighted by molar-refractivity contribution is 7.99. The summed E-state index contributed by atoms with van der Waals surface area (Å²) in [7, 11) is 0. The average molecular weight is 451 g/mol. The summed E-state index contributed by atoms with van der Waals surface area (Å²) in [6, 6.07) is 12.9. The Labute approximate surface area is 187 Å². The molecule has 2 rings (SSSR count). The van der Waals surface area contributed by atoms with Crippen molar-refractivity contribution in [2.45, 2.75) is 51.6 Å². The number of amides is 2. The van der Waals surface area contributed by atoms with E-state index >= 15 is 0 Å². The molecule has 0 aliphatic rings. The van der Waals surface area contributed by atoms with Crippen LogP contribution in [0.5, 0.6) is 0 Å². The molecule has 2 amide bonds. The maximum atomic E-state index is 13.0. The van der Waals surface area contributed by atoms with Crippen molar-refractivity contribution in [2.75, 3.05) is 5.75 Å². The van der Waals surface area contributed by atoms with Gasteiger partial charge in [-0.05, 0) is 55.7 Å². The van der Waals surface area contributed by atoms with E-state index in [1.165, 1.54) is 23.9 Å². The van der Waals surface area contributed by atoms with Gasteiger partial charge in [0.15, 0.2) is 0 Å². The molecule has 2 aromatic carbocycles. The molecule has 7 heteroatoms. The Morgan fingerprint density at radius 3 is 2.27 bits per heavy atom. The smallest absolute Gasteiger partial charge is 0.242 e. The molecule has 2 atom stereocenters. The molecule has 0 spiro atoms. The van der Waals surface area contributed by atoms with Gasteiger partial charge in [-0.2, -0.15) is 0 Å². The fourth-order valence-corrected chi connectivity index (χ4v) is 3.75. The number of hydrogen-bond acceptors (Lipinski definition) is 3. The molecule has 0 aliphatic carbocycles. The molecule has 1 N–H and O–H groups in total. The van der Waals surface area contributed by atoms with Crippen molar-refractivity contribution < 1.29 is 14.0 Å². The normalized spacial score (nSPS) is 12.8. The zero-order valence-corrected chi connectivity index (χ0v) is 19.1. The van der Waals surface area contributed by atoms with Crippen LogP contribution in [-0.2, 0) is 21.9 Å². The lowest BCUT2D eigenvalue weighted by molar-refractivity contribution is -0.138. The summed E-state index contributed by atoms with van der Waals surface area (Å²) in [5.41, 5.74) is 1.85. The molecule has 30 heavy (non-hydrogen) atoms. The first kappa shape index (κ1) is 24.2. The van der Waals surface area contributed by atoms with Crippen LogP contribution in [0.25, 0.3) is 0 Å². The lowest BCUT2D eigenvalue weighted by Crippen LogP contribution is -2.50. The van der Waals surface area contributed by atoms with Crippen molar-refractivity contribution >= 4 is 35.2 Å². The number of hydrogen-bond donors (Lipinski definition) is 1. The molecule has 0 aromatic heterocycles. The van der Waals surface area contributed by atoms with E-state index in [9.17, 15) is 14.0 Å². The van der Waals surface area contributed by atoms with E-state index in [-0.39, 0.29) is 29.4 Å². The third-order valence-corrected chi connectivity index (χ3v) is 6.08. The standard InChI is InChI=1S/C23H28ClFN2O2S/c1-4-16(2)26-23(29)17(3)27(13-18-5-9-20(24)10-6-18)22(28)15-30-14-19-7-11-21(25)12-8-19/h5-12,16-17H,4,13-15H2,1-3H3,(H,26,29)/t16-,17-/m0/s1. The molecule has 0 saturated heterocycles. The van der Waals surface area contributed by atoms with Gasteiger partial charge in [0.25, 0.3) is 0 Å². The van der Waals surface area contributed by atoms with Crippen LogP contribution in [0.2, 0.25) is 5.02 Å². The number of carbonyl (C=O) groups excluding carboxylic acids is 2. The van der Waals surface area contributed by atoms with Crippen LogP contribution >= 0.6 is 23.4 Å². The van der Waals surface area contributed by atoms with Crippen molar-refractivity contribution in [1.29, 1.82) is 0 Å². The summed E-state index contributed by atoms with van der Waals surface area (Å²) >= 11 is 7.40. The largest absolute Gasteiger partial charge is 0.352 e. The zero-order chi connectivity index (χ0) is 22.1. The van der Waals surface area contributed by atoms with Crippen LogP contribution in [0.4, 0.5) is 4.39 Å². The minimum atomic E-state index is -0.603. The number of halogens is 2. The highest BCUT2D eigenvalue weighted by Crippen LogP contribution is 2.17. The van der Waals surface area contributed by atoms with Crippen LogP contribution in [0, 0.1) is 5.82 Å². The summed E-state index contributed by atoms with van der Waals surface area (Å²) in [6.07, 6.45) is 0.817. The first-order chi connectivity index (χ1) is 14.3. The van der Waals surface area contributed by atoms with E-state index in [1.807, 2.05) is 26.0 Å². The van der Waals surface area contributed by atoms with Gasteiger partial charge in [-0.1, -0.05) is 42.8 Å². The Morgan fingerprint density at radius 2 is 1.67 bits per heavy atom. The van der Waals surface area contributed by atoms with Crippen LogP contribution < -0.4 is 5.32 Å².